The first-order valence-corrected chi connectivity index (χ1v) is 9.17. The van der Waals surface area contributed by atoms with Gasteiger partial charge in [0.2, 0.25) is 0 Å². The number of aromatic nitrogens is 4. The van der Waals surface area contributed by atoms with E-state index in [1.807, 2.05) is 6.92 Å². The molecular weight excluding hydrogens is 472 g/mol. The highest BCUT2D eigenvalue weighted by molar-refractivity contribution is 9.13. The van der Waals surface area contributed by atoms with E-state index in [-0.39, 0.29) is 17.9 Å². The highest BCUT2D eigenvalue weighted by atomic mass is 79.9. The van der Waals surface area contributed by atoms with Crippen LogP contribution in [0.4, 0.5) is 5.69 Å². The van der Waals surface area contributed by atoms with Gasteiger partial charge in [0.25, 0.3) is 11.8 Å². The number of hydrogen-bond donors (Lipinski definition) is 3. The maximum atomic E-state index is 12.5. The van der Waals surface area contributed by atoms with Gasteiger partial charge in [-0.2, -0.15) is 10.2 Å². The number of nitrogens with one attached hydrogen (secondary N) is 3. The minimum Gasteiger partial charge on any atom is -0.467 e. The van der Waals surface area contributed by atoms with Crippen molar-refractivity contribution in [3.05, 3.63) is 50.8 Å². The molecule has 3 heterocycles. The molecule has 3 aromatic rings. The van der Waals surface area contributed by atoms with Gasteiger partial charge in [-0.3, -0.25) is 19.4 Å². The van der Waals surface area contributed by atoms with E-state index in [4.69, 9.17) is 4.42 Å². The first-order chi connectivity index (χ1) is 12.5. The summed E-state index contributed by atoms with van der Waals surface area (Å²) in [4.78, 5) is 24.9. The predicted molar refractivity (Wildman–Crippen MR) is 99.7 cm³/mol. The van der Waals surface area contributed by atoms with Gasteiger partial charge < -0.3 is 15.1 Å². The van der Waals surface area contributed by atoms with Crippen LogP contribution in [-0.4, -0.2) is 31.8 Å². The van der Waals surface area contributed by atoms with Crippen molar-refractivity contribution in [3.8, 4) is 0 Å². The number of amides is 2. The van der Waals surface area contributed by atoms with Crippen LogP contribution in [0.5, 0.6) is 0 Å². The summed E-state index contributed by atoms with van der Waals surface area (Å²) in [6, 6.07) is 3.49. The summed E-state index contributed by atoms with van der Waals surface area (Å²) in [5.41, 5.74) is 0.556. The van der Waals surface area contributed by atoms with Crippen molar-refractivity contribution in [1.29, 1.82) is 0 Å². The number of nitrogens with zero attached hydrogens (tertiary/aromatic N) is 3. The molecule has 3 aromatic heterocycles. The maximum Gasteiger partial charge on any atom is 0.277 e. The summed E-state index contributed by atoms with van der Waals surface area (Å²) >= 11 is 6.49. The molecule has 0 bridgehead atoms. The number of H-pyrrole nitrogens is 1. The molecule has 0 radical (unpaired) electrons. The lowest BCUT2D eigenvalue weighted by molar-refractivity contribution is 0.0943. The highest BCUT2D eigenvalue weighted by Gasteiger charge is 2.22. The Morgan fingerprint density at radius 2 is 2.12 bits per heavy atom. The Morgan fingerprint density at radius 3 is 2.73 bits per heavy atom. The molecule has 0 aliphatic rings. The summed E-state index contributed by atoms with van der Waals surface area (Å²) in [7, 11) is 0. The number of aryl methyl sites for hydroxylation is 1. The monoisotopic (exact) mass is 484 g/mol. The van der Waals surface area contributed by atoms with E-state index in [9.17, 15) is 9.59 Å². The second kappa shape index (κ2) is 7.87. The van der Waals surface area contributed by atoms with Crippen molar-refractivity contribution in [2.45, 2.75) is 20.0 Å². The predicted octanol–water partition coefficient (Wildman–Crippen LogP) is 2.93. The molecular formula is C15H14Br2N6O3. The highest BCUT2D eigenvalue weighted by Crippen LogP contribution is 2.25. The third-order valence-electron chi connectivity index (χ3n) is 3.43. The SMILES string of the molecule is CCn1cc(NC(=O)c2n[nH]c(Br)c2Br)c(C(=O)NCc2ccco2)n1. The molecule has 26 heavy (non-hydrogen) atoms. The summed E-state index contributed by atoms with van der Waals surface area (Å²) in [6.07, 6.45) is 3.12. The van der Waals surface area contributed by atoms with Gasteiger partial charge in [-0.1, -0.05) is 0 Å². The number of halogens is 2. The van der Waals surface area contributed by atoms with Crippen molar-refractivity contribution in [2.24, 2.45) is 0 Å². The molecule has 9 nitrogen and oxygen atoms in total. The maximum absolute atomic E-state index is 12.5. The molecule has 0 saturated carbocycles. The average Bonchev–Trinajstić information content (AvgIpc) is 3.35. The van der Waals surface area contributed by atoms with E-state index in [0.717, 1.165) is 0 Å². The normalized spacial score (nSPS) is 10.7. The zero-order valence-corrected chi connectivity index (χ0v) is 16.7. The number of anilines is 1. The van der Waals surface area contributed by atoms with E-state index < -0.39 is 11.8 Å². The number of hydrogen-bond acceptors (Lipinski definition) is 5. The molecule has 2 amide bonds. The second-order valence-electron chi connectivity index (χ2n) is 5.16. The van der Waals surface area contributed by atoms with Crippen LogP contribution in [0, 0.1) is 0 Å². The fourth-order valence-electron chi connectivity index (χ4n) is 2.15. The van der Waals surface area contributed by atoms with Crippen molar-refractivity contribution in [1.82, 2.24) is 25.3 Å². The van der Waals surface area contributed by atoms with E-state index in [2.05, 4.69) is 57.8 Å². The Morgan fingerprint density at radius 1 is 1.31 bits per heavy atom. The van der Waals surface area contributed by atoms with Crippen LogP contribution >= 0.6 is 31.9 Å². The lowest BCUT2D eigenvalue weighted by atomic mass is 10.3. The van der Waals surface area contributed by atoms with Crippen molar-refractivity contribution in [3.63, 3.8) is 0 Å². The smallest absolute Gasteiger partial charge is 0.277 e. The van der Waals surface area contributed by atoms with Crippen LogP contribution < -0.4 is 10.6 Å². The Kier molecular flexibility index (Phi) is 5.57. The number of furan rings is 1. The van der Waals surface area contributed by atoms with Crippen molar-refractivity contribution in [2.75, 3.05) is 5.32 Å². The van der Waals surface area contributed by atoms with Gasteiger partial charge in [-0.15, -0.1) is 0 Å². The number of rotatable bonds is 6. The molecule has 3 N–H and O–H groups in total. The van der Waals surface area contributed by atoms with Gasteiger partial charge in [0, 0.05) is 12.7 Å². The van der Waals surface area contributed by atoms with Gasteiger partial charge in [0.1, 0.15) is 10.4 Å². The van der Waals surface area contributed by atoms with Crippen LogP contribution in [0.2, 0.25) is 0 Å². The Bertz CT molecular complexity index is 931. The minimum absolute atomic E-state index is 0.109. The summed E-state index contributed by atoms with van der Waals surface area (Å²) in [6.45, 7) is 2.65. The molecule has 136 valence electrons. The van der Waals surface area contributed by atoms with E-state index in [0.29, 0.717) is 27.1 Å². The Labute approximate surface area is 164 Å². The van der Waals surface area contributed by atoms with E-state index >= 15 is 0 Å². The average molecular weight is 486 g/mol. The molecule has 0 aliphatic carbocycles. The summed E-state index contributed by atoms with van der Waals surface area (Å²) in [5, 5.41) is 16.1. The largest absolute Gasteiger partial charge is 0.467 e. The molecule has 0 atom stereocenters. The molecule has 0 fully saturated rings. The van der Waals surface area contributed by atoms with E-state index in [1.54, 1.807) is 23.0 Å². The molecule has 0 unspecified atom stereocenters. The first-order valence-electron chi connectivity index (χ1n) is 7.58. The zero-order valence-electron chi connectivity index (χ0n) is 13.5. The van der Waals surface area contributed by atoms with Gasteiger partial charge in [0.15, 0.2) is 11.4 Å². The summed E-state index contributed by atoms with van der Waals surface area (Å²) < 4.78 is 7.78. The van der Waals surface area contributed by atoms with Gasteiger partial charge in [0.05, 0.1) is 23.0 Å². The number of carbonyl (C=O) groups is 2. The number of aromatic amines is 1. The zero-order chi connectivity index (χ0) is 18.7. The van der Waals surface area contributed by atoms with E-state index in [1.165, 1.54) is 6.26 Å². The quantitative estimate of drug-likeness (QED) is 0.496. The van der Waals surface area contributed by atoms with Crippen LogP contribution in [0.15, 0.2) is 38.1 Å². The number of carbonyl (C=O) groups excluding carboxylic acids is 2. The third kappa shape index (κ3) is 3.88. The first kappa shape index (κ1) is 18.4. The Hall–Kier alpha value is -2.40. The molecule has 0 spiro atoms. The second-order valence-corrected chi connectivity index (χ2v) is 6.75. The lowest BCUT2D eigenvalue weighted by Gasteiger charge is -2.05. The fraction of sp³-hybridized carbons (Fsp3) is 0.200. The van der Waals surface area contributed by atoms with Crippen LogP contribution in [-0.2, 0) is 13.1 Å². The minimum atomic E-state index is -0.477. The van der Waals surface area contributed by atoms with Gasteiger partial charge >= 0.3 is 0 Å². The summed E-state index contributed by atoms with van der Waals surface area (Å²) in [5.74, 6) is -0.287. The molecule has 0 aromatic carbocycles. The Balaban J connectivity index is 1.78. The van der Waals surface area contributed by atoms with Crippen LogP contribution in [0.3, 0.4) is 0 Å². The standard InChI is InChI=1S/C15H14Br2N6O3/c1-2-23-7-9(19-15(25)12-10(16)13(17)21-20-12)11(22-23)14(24)18-6-8-4-3-5-26-8/h3-5,7H,2,6H2,1H3,(H,18,24)(H,19,25)(H,20,21). The van der Waals surface area contributed by atoms with Gasteiger partial charge in [-0.25, -0.2) is 0 Å². The molecule has 0 saturated heterocycles. The topological polar surface area (TPSA) is 118 Å². The van der Waals surface area contributed by atoms with Crippen LogP contribution in [0.25, 0.3) is 0 Å². The fourth-order valence-corrected chi connectivity index (χ4v) is 2.78. The molecule has 11 heteroatoms. The molecule has 0 aliphatic heterocycles. The lowest BCUT2D eigenvalue weighted by Crippen LogP contribution is -2.25. The molecule has 3 rings (SSSR count). The van der Waals surface area contributed by atoms with Gasteiger partial charge in [-0.05, 0) is 50.9 Å². The van der Waals surface area contributed by atoms with Crippen LogP contribution in [0.1, 0.15) is 33.7 Å². The third-order valence-corrected chi connectivity index (χ3v) is 5.31. The van der Waals surface area contributed by atoms with Crippen molar-refractivity contribution >= 4 is 49.4 Å². The van der Waals surface area contributed by atoms with Crippen molar-refractivity contribution < 1.29 is 14.0 Å².